The number of hydrogen-bond donors (Lipinski definition) is 6. The molecule has 10 aromatic rings. The van der Waals surface area contributed by atoms with Crippen molar-refractivity contribution in [3.05, 3.63) is 204 Å². The van der Waals surface area contributed by atoms with Gasteiger partial charge in [-0.2, -0.15) is 10.2 Å². The normalized spacial score (nSPS) is 11.9. The number of aromatic nitrogens is 6. The maximum absolute atomic E-state index is 13.4. The Morgan fingerprint density at radius 2 is 0.934 bits per heavy atom. The van der Waals surface area contributed by atoms with Gasteiger partial charge < -0.3 is 40.6 Å². The molecule has 6 aromatic carbocycles. The third kappa shape index (κ3) is 18.0. The second-order valence-electron chi connectivity index (χ2n) is 23.6. The summed E-state index contributed by atoms with van der Waals surface area (Å²) in [6.07, 6.45) is 2.70. The highest BCUT2D eigenvalue weighted by Gasteiger charge is 2.25. The predicted octanol–water partition coefficient (Wildman–Crippen LogP) is 15.2. The van der Waals surface area contributed by atoms with E-state index in [1.54, 1.807) is 33.9 Å². The lowest BCUT2D eigenvalue weighted by atomic mass is 9.92. The van der Waals surface area contributed by atoms with Crippen LogP contribution in [0.5, 0.6) is 11.5 Å². The number of anilines is 6. The van der Waals surface area contributed by atoms with E-state index in [0.29, 0.717) is 46.1 Å². The molecule has 0 aliphatic rings. The Balaban J connectivity index is 0.000000216. The Hall–Kier alpha value is -10.2. The van der Waals surface area contributed by atoms with Crippen LogP contribution in [-0.2, 0) is 29.9 Å². The number of nitrogens with one attached hydrogen (secondary N) is 5. The number of carbonyl (C=O) groups is 4. The predicted molar refractivity (Wildman–Crippen MR) is 361 cm³/mol. The van der Waals surface area contributed by atoms with Crippen molar-refractivity contribution in [1.29, 1.82) is 0 Å². The molecule has 7 N–H and O–H groups in total. The zero-order chi connectivity index (χ0) is 65.6. The minimum absolute atomic E-state index is 0.00154. The van der Waals surface area contributed by atoms with Gasteiger partial charge in [-0.05, 0) is 123 Å². The van der Waals surface area contributed by atoms with E-state index < -0.39 is 11.3 Å². The molecule has 5 amide bonds. The number of amides is 5. The summed E-state index contributed by atoms with van der Waals surface area (Å²) in [4.78, 5) is 56.6. The molecule has 472 valence electrons. The average molecular weight is 1250 g/mol. The van der Waals surface area contributed by atoms with E-state index in [2.05, 4.69) is 82.8 Å². The van der Waals surface area contributed by atoms with Crippen molar-refractivity contribution in [2.75, 3.05) is 59.8 Å². The van der Waals surface area contributed by atoms with Crippen molar-refractivity contribution in [2.24, 2.45) is 0 Å². The van der Waals surface area contributed by atoms with Crippen LogP contribution < -0.4 is 41.8 Å². The van der Waals surface area contributed by atoms with Crippen LogP contribution in [-0.4, -0.2) is 80.2 Å². The number of methoxy groups -OCH3 is 2. The third-order valence-electron chi connectivity index (χ3n) is 14.2. The van der Waals surface area contributed by atoms with Crippen LogP contribution in [0.15, 0.2) is 170 Å². The number of pyridine rings is 2. The van der Waals surface area contributed by atoms with E-state index in [-0.39, 0.29) is 48.2 Å². The number of nitrogen functional groups attached to an aromatic ring is 1. The number of halogens is 1. The van der Waals surface area contributed by atoms with E-state index in [9.17, 15) is 19.2 Å². The van der Waals surface area contributed by atoms with Crippen molar-refractivity contribution in [1.82, 2.24) is 29.5 Å². The number of benzene rings is 6. The highest BCUT2D eigenvalue weighted by atomic mass is 35.5. The van der Waals surface area contributed by atoms with Gasteiger partial charge in [0.05, 0.1) is 34.1 Å². The summed E-state index contributed by atoms with van der Waals surface area (Å²) in [6, 6.07) is 49.3. The average Bonchev–Trinajstić information content (AvgIpc) is 1.80. The smallest absolute Gasteiger partial charge is 0.324 e. The van der Waals surface area contributed by atoms with Gasteiger partial charge in [0.25, 0.3) is 5.91 Å². The van der Waals surface area contributed by atoms with Crippen LogP contribution >= 0.6 is 11.6 Å². The monoisotopic (exact) mass is 1250 g/mol. The van der Waals surface area contributed by atoms with Crippen LogP contribution in [0.25, 0.3) is 32.9 Å². The summed E-state index contributed by atoms with van der Waals surface area (Å²) >= 11 is 4.81. The summed E-state index contributed by atoms with van der Waals surface area (Å²) in [5.74, 6) is 3.08. The van der Waals surface area contributed by atoms with Crippen LogP contribution in [0.3, 0.4) is 0 Å². The number of fused-ring (bicyclic) bond motifs is 2. The van der Waals surface area contributed by atoms with E-state index in [0.717, 1.165) is 66.6 Å². The van der Waals surface area contributed by atoms with Gasteiger partial charge in [-0.25, -0.2) is 28.9 Å². The lowest BCUT2D eigenvalue weighted by Crippen LogP contribution is -2.21. The molecule has 91 heavy (non-hydrogen) atoms. The first-order chi connectivity index (χ1) is 43.4. The van der Waals surface area contributed by atoms with Gasteiger partial charge in [-0.15, -0.1) is 0 Å². The van der Waals surface area contributed by atoms with Gasteiger partial charge in [0, 0.05) is 71.1 Å². The molecule has 20 nitrogen and oxygen atoms in total. The maximum atomic E-state index is 13.4. The molecule has 2 atom stereocenters. The standard InChI is InChI=1S/C35H38N6O4.C32H34N6O2.C3H5ClO2/c1-22-11-13-25(14-12-22)41-32(20-30(40-41)35(3,4)5)39-34(43)37-28-15-16-29(27-10-8-7-9-26(27)28)45-23(2)24-17-18-36-31(19-24)38-33(42)21-44-6;1-20-10-12-23(13-11-20)38-30(19-28(37-38)32(3,4)5)36-31(39)35-26-14-15-27(25-9-7-6-8-24(25)26)40-21(2)22-16-17-34-29(33)18-22;1-6-2-3(4)5/h7-20,23H,21H2,1-6H3,(H,36,38,42)(H2,37,39,43);6-19,21H,1-5H3,(H2,33,34)(H2,35,36,39);2H2,1H3. The first-order valence-corrected chi connectivity index (χ1v) is 29.8. The molecule has 0 radical (unpaired) electrons. The van der Waals surface area contributed by atoms with Crippen LogP contribution in [0, 0.1) is 13.8 Å². The second kappa shape index (κ2) is 29.9. The minimum atomic E-state index is -0.461. The highest BCUT2D eigenvalue weighted by molar-refractivity contribution is 6.63. The number of aryl methyl sites for hydroxylation is 2. The van der Waals surface area contributed by atoms with Crippen molar-refractivity contribution in [2.45, 2.75) is 92.3 Å². The summed E-state index contributed by atoms with van der Waals surface area (Å²) in [6.45, 7) is 20.4. The van der Waals surface area contributed by atoms with Crippen LogP contribution in [0.1, 0.15) is 101 Å². The Kier molecular flexibility index (Phi) is 21.9. The Morgan fingerprint density at radius 1 is 0.516 bits per heavy atom. The molecule has 0 aliphatic heterocycles. The molecule has 4 aromatic heterocycles. The summed E-state index contributed by atoms with van der Waals surface area (Å²) in [7, 11) is 2.88. The second-order valence-corrected chi connectivity index (χ2v) is 24.0. The van der Waals surface area contributed by atoms with Gasteiger partial charge in [0.2, 0.25) is 5.24 Å². The first-order valence-electron chi connectivity index (χ1n) is 29.4. The zero-order valence-corrected chi connectivity index (χ0v) is 53.9. The van der Waals surface area contributed by atoms with Crippen molar-refractivity contribution >= 4 is 91.0 Å². The van der Waals surface area contributed by atoms with Gasteiger partial charge in [-0.3, -0.25) is 20.2 Å². The van der Waals surface area contributed by atoms with E-state index in [1.807, 2.05) is 173 Å². The summed E-state index contributed by atoms with van der Waals surface area (Å²) < 4.78 is 25.4. The highest BCUT2D eigenvalue weighted by Crippen LogP contribution is 2.37. The quantitative estimate of drug-likeness (QED) is 0.0465. The van der Waals surface area contributed by atoms with E-state index in [1.165, 1.54) is 14.2 Å². The number of carbonyl (C=O) groups excluding carboxylic acids is 4. The number of nitrogens with two attached hydrogens (primary N) is 1. The molecule has 0 saturated heterocycles. The molecule has 0 fully saturated rings. The Morgan fingerprint density at radius 3 is 1.33 bits per heavy atom. The number of ether oxygens (including phenoxy) is 4. The van der Waals surface area contributed by atoms with Gasteiger partial charge in [0.15, 0.2) is 0 Å². The van der Waals surface area contributed by atoms with Gasteiger partial charge >= 0.3 is 12.1 Å². The topological polar surface area (TPSA) is 253 Å². The molecule has 21 heteroatoms. The molecular formula is C70H77ClN12O8. The Labute approximate surface area is 534 Å². The number of rotatable bonds is 17. The van der Waals surface area contributed by atoms with E-state index >= 15 is 0 Å². The fraction of sp³-hybridized carbons (Fsp3) is 0.257. The number of hydrogen-bond acceptors (Lipinski definition) is 13. The fourth-order valence-electron chi connectivity index (χ4n) is 9.37. The number of urea groups is 2. The van der Waals surface area contributed by atoms with Crippen LogP contribution in [0.4, 0.5) is 44.2 Å². The SMILES string of the molecule is COCC(=O)Cl.COCC(=O)Nc1cc(C(C)Oc2ccc(NC(=O)Nc3cc(C(C)(C)C)nn3-c3ccc(C)cc3)c3ccccc23)ccn1.Cc1ccc(-n2nc(C(C)(C)C)cc2NC(=O)Nc2ccc(OC(C)c3ccnc(N)c3)c3ccccc23)cc1. The molecule has 0 aliphatic carbocycles. The molecule has 10 rings (SSSR count). The molecule has 0 bridgehead atoms. The lowest BCUT2D eigenvalue weighted by molar-refractivity contribution is -0.119. The maximum Gasteiger partial charge on any atom is 0.324 e. The van der Waals surface area contributed by atoms with E-state index in [4.69, 9.17) is 41.7 Å². The first kappa shape index (κ1) is 66.8. The molecular weight excluding hydrogens is 1170 g/mol. The zero-order valence-electron chi connectivity index (χ0n) is 53.1. The van der Waals surface area contributed by atoms with Crippen molar-refractivity contribution in [3.63, 3.8) is 0 Å². The molecule has 2 unspecified atom stereocenters. The van der Waals surface area contributed by atoms with Crippen molar-refractivity contribution in [3.8, 4) is 22.9 Å². The third-order valence-corrected chi connectivity index (χ3v) is 14.3. The lowest BCUT2D eigenvalue weighted by Gasteiger charge is -2.19. The fourth-order valence-corrected chi connectivity index (χ4v) is 9.48. The molecule has 0 spiro atoms. The van der Waals surface area contributed by atoms with Gasteiger partial charge in [-0.1, -0.05) is 125 Å². The summed E-state index contributed by atoms with van der Waals surface area (Å²) in [5, 5.41) is 27.3. The van der Waals surface area contributed by atoms with Gasteiger partial charge in [0.1, 0.15) is 60.2 Å². The summed E-state index contributed by atoms with van der Waals surface area (Å²) in [5.41, 5.74) is 14.3. The molecule has 0 saturated carbocycles. The van der Waals surface area contributed by atoms with Crippen molar-refractivity contribution < 1.29 is 38.1 Å². The van der Waals surface area contributed by atoms with Crippen LogP contribution in [0.2, 0.25) is 0 Å². The molecule has 4 heterocycles. The largest absolute Gasteiger partial charge is 0.485 e. The minimum Gasteiger partial charge on any atom is -0.485 e. The Bertz CT molecular complexity index is 4180. The number of nitrogens with zero attached hydrogens (tertiary/aromatic N) is 6.